The summed E-state index contributed by atoms with van der Waals surface area (Å²) in [4.78, 5) is 0. The van der Waals surface area contributed by atoms with E-state index < -0.39 is 11.6 Å². The lowest BCUT2D eigenvalue weighted by atomic mass is 9.89. The van der Waals surface area contributed by atoms with Crippen LogP contribution < -0.4 is 5.32 Å². The number of hydrogen-bond acceptors (Lipinski definition) is 1. The summed E-state index contributed by atoms with van der Waals surface area (Å²) >= 11 is 0. The van der Waals surface area contributed by atoms with E-state index >= 15 is 0 Å². The van der Waals surface area contributed by atoms with Crippen LogP contribution in [0.1, 0.15) is 40.5 Å². The zero-order valence-electron chi connectivity index (χ0n) is 11.0. The van der Waals surface area contributed by atoms with Crippen LogP contribution in [0, 0.1) is 17.0 Å². The fourth-order valence-electron chi connectivity index (χ4n) is 1.59. The van der Waals surface area contributed by atoms with E-state index in [4.69, 9.17) is 0 Å². The quantitative estimate of drug-likeness (QED) is 0.812. The predicted octanol–water partition coefficient (Wildman–Crippen LogP) is 4.59. The first-order valence-electron chi connectivity index (χ1n) is 5.99. The van der Waals surface area contributed by atoms with E-state index in [1.54, 1.807) is 6.07 Å². The lowest BCUT2D eigenvalue weighted by Crippen LogP contribution is -2.18. The highest BCUT2D eigenvalue weighted by atomic mass is 19.2. The van der Waals surface area contributed by atoms with Gasteiger partial charge in [0.25, 0.3) is 0 Å². The third kappa shape index (κ3) is 5.16. The summed E-state index contributed by atoms with van der Waals surface area (Å²) in [6, 6.07) is 4.15. The molecule has 1 nitrogen and oxygen atoms in total. The molecule has 3 heteroatoms. The lowest BCUT2D eigenvalue weighted by molar-refractivity contribution is 0.357. The molecule has 1 unspecified atom stereocenters. The summed E-state index contributed by atoms with van der Waals surface area (Å²) in [7, 11) is 0. The summed E-state index contributed by atoms with van der Waals surface area (Å²) in [5, 5.41) is 3.18. The molecular weight excluding hydrogens is 220 g/mol. The van der Waals surface area contributed by atoms with Gasteiger partial charge < -0.3 is 5.32 Å². The number of rotatable bonds is 4. The average Bonchev–Trinajstić information content (AvgIpc) is 2.20. The van der Waals surface area contributed by atoms with Gasteiger partial charge in [-0.25, -0.2) is 8.78 Å². The highest BCUT2D eigenvalue weighted by Gasteiger charge is 2.12. The van der Waals surface area contributed by atoms with Crippen LogP contribution in [0.4, 0.5) is 14.5 Å². The van der Waals surface area contributed by atoms with Crippen molar-refractivity contribution in [2.24, 2.45) is 5.41 Å². The maximum absolute atomic E-state index is 13.0. The Morgan fingerprint density at radius 2 is 1.82 bits per heavy atom. The Bertz CT molecular complexity index is 369. The number of hydrogen-bond donors (Lipinski definition) is 1. The van der Waals surface area contributed by atoms with E-state index in [2.05, 4.69) is 26.1 Å². The second kappa shape index (κ2) is 5.48. The molecule has 0 saturated heterocycles. The van der Waals surface area contributed by atoms with Crippen LogP contribution in [-0.2, 0) is 0 Å². The molecule has 17 heavy (non-hydrogen) atoms. The predicted molar refractivity (Wildman–Crippen MR) is 68.1 cm³/mol. The second-order valence-electron chi connectivity index (χ2n) is 5.77. The molecular formula is C14H21F2N. The molecule has 0 spiro atoms. The first-order valence-corrected chi connectivity index (χ1v) is 5.99. The molecule has 0 heterocycles. The van der Waals surface area contributed by atoms with Gasteiger partial charge in [-0.2, -0.15) is 0 Å². The van der Waals surface area contributed by atoms with Gasteiger partial charge >= 0.3 is 0 Å². The van der Waals surface area contributed by atoms with Crippen LogP contribution in [0.3, 0.4) is 0 Å². The van der Waals surface area contributed by atoms with E-state index in [1.807, 2.05) is 6.92 Å². The minimum Gasteiger partial charge on any atom is -0.383 e. The number of halogens is 2. The summed E-state index contributed by atoms with van der Waals surface area (Å²) < 4.78 is 25.7. The first-order chi connectivity index (χ1) is 7.78. The molecule has 0 aromatic heterocycles. The Hall–Kier alpha value is -1.12. The van der Waals surface area contributed by atoms with Crippen molar-refractivity contribution in [3.63, 3.8) is 0 Å². The van der Waals surface area contributed by atoms with Crippen molar-refractivity contribution >= 4 is 5.69 Å². The fourth-order valence-corrected chi connectivity index (χ4v) is 1.59. The van der Waals surface area contributed by atoms with E-state index in [0.717, 1.165) is 18.9 Å². The Morgan fingerprint density at radius 3 is 2.35 bits per heavy atom. The molecule has 1 aromatic carbocycles. The van der Waals surface area contributed by atoms with Gasteiger partial charge in [0.05, 0.1) is 0 Å². The fraction of sp³-hybridized carbons (Fsp3) is 0.571. The van der Waals surface area contributed by atoms with Crippen LogP contribution in [0.25, 0.3) is 0 Å². The smallest absolute Gasteiger partial charge is 0.160 e. The summed E-state index contributed by atoms with van der Waals surface area (Å²) in [6.45, 7) is 8.62. The van der Waals surface area contributed by atoms with Gasteiger partial charge in [0.15, 0.2) is 11.6 Å². The normalized spacial score (nSPS) is 13.5. The Morgan fingerprint density at radius 1 is 1.18 bits per heavy atom. The van der Waals surface area contributed by atoms with Crippen LogP contribution >= 0.6 is 0 Å². The van der Waals surface area contributed by atoms with Crippen LogP contribution in [0.2, 0.25) is 0 Å². The minimum absolute atomic E-state index is 0.249. The van der Waals surface area contributed by atoms with Crippen molar-refractivity contribution in [3.8, 4) is 0 Å². The minimum atomic E-state index is -0.808. The molecule has 0 bridgehead atoms. The summed E-state index contributed by atoms with van der Waals surface area (Å²) in [5.74, 6) is -1.61. The molecule has 1 atom stereocenters. The second-order valence-corrected chi connectivity index (χ2v) is 5.77. The Kier molecular flexibility index (Phi) is 4.49. The van der Waals surface area contributed by atoms with Gasteiger partial charge in [-0.15, -0.1) is 0 Å². The van der Waals surface area contributed by atoms with E-state index in [1.165, 1.54) is 6.07 Å². The van der Waals surface area contributed by atoms with Crippen LogP contribution in [0.15, 0.2) is 18.2 Å². The number of benzene rings is 1. The van der Waals surface area contributed by atoms with Crippen molar-refractivity contribution in [2.75, 3.05) is 5.32 Å². The van der Waals surface area contributed by atoms with E-state index in [0.29, 0.717) is 11.1 Å². The van der Waals surface area contributed by atoms with E-state index in [9.17, 15) is 8.78 Å². The van der Waals surface area contributed by atoms with Crippen molar-refractivity contribution < 1.29 is 8.78 Å². The van der Waals surface area contributed by atoms with Crippen LogP contribution in [-0.4, -0.2) is 6.04 Å². The van der Waals surface area contributed by atoms with Gasteiger partial charge in [0, 0.05) is 17.8 Å². The monoisotopic (exact) mass is 241 g/mol. The lowest BCUT2D eigenvalue weighted by Gasteiger charge is -2.22. The van der Waals surface area contributed by atoms with Crippen molar-refractivity contribution in [3.05, 3.63) is 29.8 Å². The van der Waals surface area contributed by atoms with Gasteiger partial charge in [0.2, 0.25) is 0 Å². The number of anilines is 1. The maximum Gasteiger partial charge on any atom is 0.160 e. The largest absolute Gasteiger partial charge is 0.383 e. The Balaban J connectivity index is 2.50. The molecule has 0 amide bonds. The van der Waals surface area contributed by atoms with Gasteiger partial charge in [0.1, 0.15) is 0 Å². The highest BCUT2D eigenvalue weighted by Crippen LogP contribution is 2.23. The summed E-state index contributed by atoms with van der Waals surface area (Å²) in [6.07, 6.45) is 2.09. The molecule has 1 aromatic rings. The molecule has 0 radical (unpaired) electrons. The molecule has 0 aliphatic rings. The van der Waals surface area contributed by atoms with Crippen molar-refractivity contribution in [1.29, 1.82) is 0 Å². The molecule has 0 fully saturated rings. The summed E-state index contributed by atoms with van der Waals surface area (Å²) in [5.41, 5.74) is 0.926. The van der Waals surface area contributed by atoms with Crippen molar-refractivity contribution in [1.82, 2.24) is 0 Å². The third-order valence-electron chi connectivity index (χ3n) is 2.66. The van der Waals surface area contributed by atoms with Crippen LogP contribution in [0.5, 0.6) is 0 Å². The molecule has 0 aliphatic carbocycles. The SMILES string of the molecule is CC(CCC(C)(C)C)Nc1ccc(F)c(F)c1. The van der Waals surface area contributed by atoms with Gasteiger partial charge in [-0.05, 0) is 37.3 Å². The number of nitrogens with one attached hydrogen (secondary N) is 1. The highest BCUT2D eigenvalue weighted by molar-refractivity contribution is 5.44. The van der Waals surface area contributed by atoms with Gasteiger partial charge in [-0.1, -0.05) is 20.8 Å². The average molecular weight is 241 g/mol. The Labute approximate surface area is 102 Å². The third-order valence-corrected chi connectivity index (χ3v) is 2.66. The molecule has 0 aliphatic heterocycles. The molecule has 0 saturated carbocycles. The van der Waals surface area contributed by atoms with Gasteiger partial charge in [-0.3, -0.25) is 0 Å². The molecule has 1 N–H and O–H groups in total. The molecule has 1 rings (SSSR count). The van der Waals surface area contributed by atoms with Crippen molar-refractivity contribution in [2.45, 2.75) is 46.6 Å². The van der Waals surface area contributed by atoms with E-state index in [-0.39, 0.29) is 6.04 Å². The standard InChI is InChI=1S/C14H21F2N/c1-10(7-8-14(2,3)4)17-11-5-6-12(15)13(16)9-11/h5-6,9-10,17H,7-8H2,1-4H3. The first kappa shape index (κ1) is 13.9. The topological polar surface area (TPSA) is 12.0 Å². The zero-order valence-corrected chi connectivity index (χ0v) is 11.0. The molecule has 96 valence electrons. The maximum atomic E-state index is 13.0. The zero-order chi connectivity index (χ0) is 13.1.